The van der Waals surface area contributed by atoms with Gasteiger partial charge in [-0.2, -0.15) is 11.8 Å². The summed E-state index contributed by atoms with van der Waals surface area (Å²) in [4.78, 5) is 11.9. The number of carbonyl (C=O) groups excluding carboxylic acids is 1. The van der Waals surface area contributed by atoms with E-state index in [2.05, 4.69) is 11.4 Å². The van der Waals surface area contributed by atoms with Gasteiger partial charge in [0.05, 0.1) is 13.0 Å². The summed E-state index contributed by atoms with van der Waals surface area (Å²) in [5.41, 5.74) is 2.93. The van der Waals surface area contributed by atoms with Crippen molar-refractivity contribution in [3.63, 3.8) is 0 Å². The van der Waals surface area contributed by atoms with Gasteiger partial charge in [-0.25, -0.2) is 0 Å². The molecule has 0 spiro atoms. The van der Waals surface area contributed by atoms with Gasteiger partial charge in [0.15, 0.2) is 0 Å². The number of benzene rings is 1. The minimum atomic E-state index is -0.179. The Labute approximate surface area is 144 Å². The maximum Gasteiger partial charge on any atom is 0.309 e. The van der Waals surface area contributed by atoms with Crippen LogP contribution in [0.15, 0.2) is 28.8 Å². The van der Waals surface area contributed by atoms with E-state index in [1.54, 1.807) is 11.8 Å². The molecule has 2 unspecified atom stereocenters. The average molecular weight is 352 g/mol. The standard InChI is InChI=1S/C17H18ClNO3S/c1-21-17(20)11-5-8-14(23-2)15-13(9-11)22-19-16(15)10-3-6-12(18)7-4-10/h3-4,6-7,11,14H,5,8-9H2,1-2H3. The lowest BCUT2D eigenvalue weighted by Crippen LogP contribution is -2.17. The Kier molecular flexibility index (Phi) is 4.97. The zero-order valence-corrected chi connectivity index (χ0v) is 14.6. The number of aromatic nitrogens is 1. The lowest BCUT2D eigenvalue weighted by molar-refractivity contribution is -0.145. The van der Waals surface area contributed by atoms with Crippen molar-refractivity contribution in [2.75, 3.05) is 13.4 Å². The second-order valence-electron chi connectivity index (χ2n) is 5.60. The van der Waals surface area contributed by atoms with Crippen LogP contribution in [0, 0.1) is 5.92 Å². The Morgan fingerprint density at radius 1 is 1.35 bits per heavy atom. The molecule has 0 radical (unpaired) electrons. The van der Waals surface area contributed by atoms with Gasteiger partial charge in [0.1, 0.15) is 11.5 Å². The first-order chi connectivity index (χ1) is 11.1. The molecule has 2 atom stereocenters. The minimum absolute atomic E-state index is 0.165. The van der Waals surface area contributed by atoms with Crippen LogP contribution < -0.4 is 0 Å². The molecule has 23 heavy (non-hydrogen) atoms. The second-order valence-corrected chi connectivity index (χ2v) is 7.08. The van der Waals surface area contributed by atoms with Crippen molar-refractivity contribution in [1.29, 1.82) is 0 Å². The number of esters is 1. The highest BCUT2D eigenvalue weighted by atomic mass is 35.5. The van der Waals surface area contributed by atoms with Crippen LogP contribution in [0.2, 0.25) is 5.02 Å². The van der Waals surface area contributed by atoms with E-state index in [0.29, 0.717) is 11.4 Å². The third-order valence-corrected chi connectivity index (χ3v) is 5.56. The molecule has 0 saturated heterocycles. The summed E-state index contributed by atoms with van der Waals surface area (Å²) in [6.07, 6.45) is 4.31. The Balaban J connectivity index is 2.01. The van der Waals surface area contributed by atoms with Crippen molar-refractivity contribution in [3.8, 4) is 11.3 Å². The second kappa shape index (κ2) is 6.97. The average Bonchev–Trinajstić information content (AvgIpc) is 2.89. The van der Waals surface area contributed by atoms with Crippen molar-refractivity contribution >= 4 is 29.3 Å². The van der Waals surface area contributed by atoms with Gasteiger partial charge in [0, 0.05) is 27.8 Å². The lowest BCUT2D eigenvalue weighted by Gasteiger charge is -2.13. The molecule has 4 nitrogen and oxygen atoms in total. The summed E-state index contributed by atoms with van der Waals surface area (Å²) in [7, 11) is 1.43. The van der Waals surface area contributed by atoms with Crippen LogP contribution >= 0.6 is 23.4 Å². The van der Waals surface area contributed by atoms with E-state index < -0.39 is 0 Å². The summed E-state index contributed by atoms with van der Waals surface area (Å²) < 4.78 is 10.5. The molecule has 2 aromatic rings. The number of nitrogens with zero attached hydrogens (tertiary/aromatic N) is 1. The highest BCUT2D eigenvalue weighted by molar-refractivity contribution is 7.98. The summed E-state index contributed by atoms with van der Waals surface area (Å²) in [6.45, 7) is 0. The predicted molar refractivity (Wildman–Crippen MR) is 91.6 cm³/mol. The van der Waals surface area contributed by atoms with Crippen molar-refractivity contribution in [1.82, 2.24) is 5.16 Å². The molecule has 0 aliphatic heterocycles. The molecule has 122 valence electrons. The summed E-state index contributed by atoms with van der Waals surface area (Å²) >= 11 is 7.73. The van der Waals surface area contributed by atoms with E-state index in [1.807, 2.05) is 24.3 Å². The fourth-order valence-electron chi connectivity index (χ4n) is 3.05. The first-order valence-corrected chi connectivity index (χ1v) is 9.15. The van der Waals surface area contributed by atoms with Crippen LogP contribution in [0.3, 0.4) is 0 Å². The number of rotatable bonds is 3. The van der Waals surface area contributed by atoms with Gasteiger partial charge >= 0.3 is 5.97 Å². The fourth-order valence-corrected chi connectivity index (χ4v) is 4.03. The van der Waals surface area contributed by atoms with Crippen LogP contribution in [0.4, 0.5) is 0 Å². The van der Waals surface area contributed by atoms with E-state index in [0.717, 1.165) is 35.4 Å². The quantitative estimate of drug-likeness (QED) is 0.601. The first kappa shape index (κ1) is 16.4. The largest absolute Gasteiger partial charge is 0.469 e. The molecule has 0 bridgehead atoms. The number of hydrogen-bond acceptors (Lipinski definition) is 5. The molecular weight excluding hydrogens is 334 g/mol. The normalized spacial score (nSPS) is 20.7. The molecule has 1 heterocycles. The maximum absolute atomic E-state index is 11.9. The summed E-state index contributed by atoms with van der Waals surface area (Å²) in [5, 5.41) is 5.22. The third-order valence-electron chi connectivity index (χ3n) is 4.27. The SMILES string of the molecule is COC(=O)C1CCC(SC)c2c(-c3ccc(Cl)cc3)noc2C1. The van der Waals surface area contributed by atoms with Crippen molar-refractivity contribution in [2.45, 2.75) is 24.5 Å². The smallest absolute Gasteiger partial charge is 0.309 e. The molecule has 0 fully saturated rings. The molecule has 0 amide bonds. The monoisotopic (exact) mass is 351 g/mol. The molecule has 0 N–H and O–H groups in total. The number of halogens is 1. The molecule has 1 aromatic carbocycles. The Bertz CT molecular complexity index is 698. The summed E-state index contributed by atoms with van der Waals surface area (Å²) in [5.74, 6) is 0.450. The van der Waals surface area contributed by atoms with Gasteiger partial charge in [0.25, 0.3) is 0 Å². The number of methoxy groups -OCH3 is 1. The van der Waals surface area contributed by atoms with Crippen LogP contribution in [-0.2, 0) is 16.0 Å². The van der Waals surface area contributed by atoms with Gasteiger partial charge in [-0.1, -0.05) is 28.9 Å². The number of ether oxygens (including phenoxy) is 1. The Morgan fingerprint density at radius 3 is 2.74 bits per heavy atom. The van der Waals surface area contributed by atoms with Gasteiger partial charge in [-0.3, -0.25) is 4.79 Å². The van der Waals surface area contributed by atoms with Crippen molar-refractivity contribution in [2.24, 2.45) is 5.92 Å². The van der Waals surface area contributed by atoms with Gasteiger partial charge in [0.2, 0.25) is 0 Å². The third kappa shape index (κ3) is 3.26. The fraction of sp³-hybridized carbons (Fsp3) is 0.412. The number of carbonyl (C=O) groups is 1. The van der Waals surface area contributed by atoms with E-state index >= 15 is 0 Å². The number of hydrogen-bond donors (Lipinski definition) is 0. The van der Waals surface area contributed by atoms with E-state index in [1.165, 1.54) is 7.11 Å². The molecule has 0 saturated carbocycles. The first-order valence-electron chi connectivity index (χ1n) is 7.49. The van der Waals surface area contributed by atoms with E-state index in [4.69, 9.17) is 20.9 Å². The zero-order chi connectivity index (χ0) is 16.4. The Hall–Kier alpha value is -1.46. The highest BCUT2D eigenvalue weighted by Gasteiger charge is 2.33. The van der Waals surface area contributed by atoms with Crippen molar-refractivity contribution in [3.05, 3.63) is 40.6 Å². The zero-order valence-electron chi connectivity index (χ0n) is 13.0. The van der Waals surface area contributed by atoms with E-state index in [-0.39, 0.29) is 17.1 Å². The van der Waals surface area contributed by atoms with Crippen molar-refractivity contribution < 1.29 is 14.1 Å². The van der Waals surface area contributed by atoms with Gasteiger partial charge < -0.3 is 9.26 Å². The van der Waals surface area contributed by atoms with Gasteiger partial charge in [-0.05, 0) is 31.2 Å². The topological polar surface area (TPSA) is 52.3 Å². The number of fused-ring (bicyclic) bond motifs is 1. The molecule has 6 heteroatoms. The maximum atomic E-state index is 11.9. The van der Waals surface area contributed by atoms with Gasteiger partial charge in [-0.15, -0.1) is 0 Å². The molecule has 1 aliphatic rings. The van der Waals surface area contributed by atoms with Crippen LogP contribution in [0.1, 0.15) is 29.4 Å². The predicted octanol–water partition coefficient (Wildman–Crippen LogP) is 4.52. The van der Waals surface area contributed by atoms with E-state index in [9.17, 15) is 4.79 Å². The van der Waals surface area contributed by atoms with Crippen LogP contribution in [0.25, 0.3) is 11.3 Å². The molecule has 1 aromatic heterocycles. The number of thioether (sulfide) groups is 1. The van der Waals surface area contributed by atoms with Crippen LogP contribution in [0.5, 0.6) is 0 Å². The highest BCUT2D eigenvalue weighted by Crippen LogP contribution is 2.44. The molecular formula is C17H18ClNO3S. The molecule has 3 rings (SSSR count). The van der Waals surface area contributed by atoms with Crippen LogP contribution in [-0.4, -0.2) is 24.5 Å². The Morgan fingerprint density at radius 2 is 2.09 bits per heavy atom. The lowest BCUT2D eigenvalue weighted by atomic mass is 10.0. The summed E-state index contributed by atoms with van der Waals surface area (Å²) in [6, 6.07) is 7.58. The minimum Gasteiger partial charge on any atom is -0.469 e. The molecule has 1 aliphatic carbocycles.